The molecular formula is C55H64N2O15. The first-order valence-electron chi connectivity index (χ1n) is 24.0. The quantitative estimate of drug-likeness (QED) is 0.0509. The van der Waals surface area contributed by atoms with Gasteiger partial charge in [0, 0.05) is 13.1 Å². The van der Waals surface area contributed by atoms with Crippen LogP contribution in [-0.2, 0) is 94.7 Å². The average molecular weight is 993 g/mol. The number of methoxy groups -OCH3 is 1. The van der Waals surface area contributed by atoms with Crippen LogP contribution in [0.4, 0.5) is 0 Å². The van der Waals surface area contributed by atoms with E-state index in [9.17, 15) is 24.6 Å². The van der Waals surface area contributed by atoms with Gasteiger partial charge < -0.3 is 63.3 Å². The molecule has 0 amide bonds. The number of nitrogens with zero attached hydrogens (tertiary/aromatic N) is 1. The van der Waals surface area contributed by atoms with Gasteiger partial charge in [0.15, 0.2) is 18.7 Å². The van der Waals surface area contributed by atoms with Crippen LogP contribution in [-0.4, -0.2) is 134 Å². The molecule has 0 radical (unpaired) electrons. The standard InChI is InChI=1S/C55H64N2O15/c1-63-53(62)52-51(71-54-46(56)49(68-36-41-23-13-5-14-24-41)48(43(33-58)70-54)64-29-27-44(59)66-34-39-19-9-3-10-20-39)50(69-37-42-25-15-6-16-26-42)47(61)55(72-52)65-30-28-57(31-38-17-7-2-8-18-38)32-45(60)67-35-40-21-11-4-12-22-40/h2-26,43,46-52,54-55,58,61H,27-37,56H2,1H3/t43?,46?,47-,48+,49?,50?,51-,52?,54+,55+/m0/s1. The molecule has 0 saturated carbocycles. The lowest BCUT2D eigenvalue weighted by molar-refractivity contribution is -0.348. The van der Waals surface area contributed by atoms with Crippen molar-refractivity contribution in [3.05, 3.63) is 179 Å². The maximum atomic E-state index is 13.8. The molecule has 7 rings (SSSR count). The highest BCUT2D eigenvalue weighted by Crippen LogP contribution is 2.33. The highest BCUT2D eigenvalue weighted by atomic mass is 16.7. The molecule has 2 heterocycles. The van der Waals surface area contributed by atoms with Crippen LogP contribution in [0.1, 0.15) is 34.2 Å². The van der Waals surface area contributed by atoms with Gasteiger partial charge in [0.1, 0.15) is 49.8 Å². The second kappa shape index (κ2) is 28.3. The summed E-state index contributed by atoms with van der Waals surface area (Å²) in [5.74, 6) is -1.82. The summed E-state index contributed by atoms with van der Waals surface area (Å²) in [7, 11) is 1.18. The minimum Gasteiger partial charge on any atom is -0.467 e. The van der Waals surface area contributed by atoms with E-state index in [1.165, 1.54) is 7.11 Å². The monoisotopic (exact) mass is 992 g/mol. The Balaban J connectivity index is 1.07. The number of benzene rings is 5. The van der Waals surface area contributed by atoms with Gasteiger partial charge in [-0.3, -0.25) is 14.5 Å². The fraction of sp³-hybridized carbons (Fsp3) is 0.400. The fourth-order valence-corrected chi connectivity index (χ4v) is 8.31. The van der Waals surface area contributed by atoms with E-state index < -0.39 is 85.9 Å². The zero-order valence-electron chi connectivity index (χ0n) is 40.2. The number of carbonyl (C=O) groups is 3. The van der Waals surface area contributed by atoms with Gasteiger partial charge in [0.05, 0.1) is 59.2 Å². The average Bonchev–Trinajstić information content (AvgIpc) is 3.41. The Bertz CT molecular complexity index is 2350. The second-order valence-corrected chi connectivity index (χ2v) is 17.3. The Labute approximate surface area is 419 Å². The largest absolute Gasteiger partial charge is 0.467 e. The summed E-state index contributed by atoms with van der Waals surface area (Å²) >= 11 is 0. The lowest BCUT2D eigenvalue weighted by Crippen LogP contribution is -2.68. The smallest absolute Gasteiger partial charge is 0.337 e. The first kappa shape index (κ1) is 53.9. The zero-order valence-corrected chi connectivity index (χ0v) is 40.2. The second-order valence-electron chi connectivity index (χ2n) is 17.3. The Morgan fingerprint density at radius 3 is 1.60 bits per heavy atom. The third-order valence-corrected chi connectivity index (χ3v) is 12.1. The van der Waals surface area contributed by atoms with Gasteiger partial charge in [-0.1, -0.05) is 152 Å². The number of hydrogen-bond acceptors (Lipinski definition) is 17. The van der Waals surface area contributed by atoms with Crippen LogP contribution in [0.25, 0.3) is 0 Å². The predicted molar refractivity (Wildman–Crippen MR) is 260 cm³/mol. The van der Waals surface area contributed by atoms with Gasteiger partial charge in [0.2, 0.25) is 0 Å². The highest BCUT2D eigenvalue weighted by Gasteiger charge is 2.54. The Morgan fingerprint density at radius 2 is 1.07 bits per heavy atom. The fourth-order valence-electron chi connectivity index (χ4n) is 8.31. The maximum absolute atomic E-state index is 13.8. The van der Waals surface area contributed by atoms with Crippen molar-refractivity contribution in [2.24, 2.45) is 5.73 Å². The number of carbonyl (C=O) groups excluding carboxylic acids is 3. The maximum Gasteiger partial charge on any atom is 0.337 e. The third-order valence-electron chi connectivity index (χ3n) is 12.1. The summed E-state index contributed by atoms with van der Waals surface area (Å²) in [5.41, 5.74) is 11.2. The van der Waals surface area contributed by atoms with E-state index in [0.717, 1.165) is 27.8 Å². The molecule has 17 heteroatoms. The summed E-state index contributed by atoms with van der Waals surface area (Å²) in [6, 6.07) is 45.6. The van der Waals surface area contributed by atoms with E-state index in [1.807, 2.05) is 157 Å². The number of rotatable bonds is 26. The summed E-state index contributed by atoms with van der Waals surface area (Å²) in [5, 5.41) is 22.9. The third kappa shape index (κ3) is 16.0. The lowest BCUT2D eigenvalue weighted by Gasteiger charge is -2.48. The van der Waals surface area contributed by atoms with Crippen LogP contribution in [0.3, 0.4) is 0 Å². The van der Waals surface area contributed by atoms with Gasteiger partial charge in [-0.25, -0.2) is 4.79 Å². The van der Waals surface area contributed by atoms with Gasteiger partial charge >= 0.3 is 17.9 Å². The molecule has 2 saturated heterocycles. The molecule has 5 unspecified atom stereocenters. The molecule has 0 bridgehead atoms. The molecule has 2 aliphatic heterocycles. The van der Waals surface area contributed by atoms with Crippen molar-refractivity contribution in [1.29, 1.82) is 0 Å². The van der Waals surface area contributed by atoms with Crippen LogP contribution in [0.15, 0.2) is 152 Å². The van der Waals surface area contributed by atoms with Gasteiger partial charge in [-0.05, 0) is 27.8 Å². The minimum atomic E-state index is -1.57. The molecule has 5 aromatic rings. The molecule has 2 fully saturated rings. The molecule has 17 nitrogen and oxygen atoms in total. The Kier molecular flexibility index (Phi) is 21.2. The Hall–Kier alpha value is -5.93. The SMILES string of the molecule is COC(=O)C1O[C@@H](OCCN(CC(=O)OCc2ccccc2)Cc2ccccc2)[C@@H](O)C(OCc2ccccc2)[C@@H]1O[C@H]1OC(CO)[C@@H](OCCC(=O)OCc2ccccc2)C(OCc2ccccc2)C1N. The molecule has 0 aromatic heterocycles. The minimum absolute atomic E-state index is 0.0255. The molecule has 72 heavy (non-hydrogen) atoms. The van der Waals surface area contributed by atoms with Gasteiger partial charge in [0.25, 0.3) is 0 Å². The van der Waals surface area contributed by atoms with Crippen molar-refractivity contribution in [2.75, 3.05) is 40.0 Å². The number of aliphatic hydroxyl groups excluding tert-OH is 2. The Morgan fingerprint density at radius 1 is 0.569 bits per heavy atom. The van der Waals surface area contributed by atoms with E-state index in [4.69, 9.17) is 53.1 Å². The van der Waals surface area contributed by atoms with Gasteiger partial charge in [-0.2, -0.15) is 0 Å². The van der Waals surface area contributed by atoms with Crippen LogP contribution in [0.5, 0.6) is 0 Å². The summed E-state index contributed by atoms with van der Waals surface area (Å²) < 4.78 is 60.7. The van der Waals surface area contributed by atoms with Crippen molar-refractivity contribution in [2.45, 2.75) is 101 Å². The van der Waals surface area contributed by atoms with Crippen molar-refractivity contribution in [3.63, 3.8) is 0 Å². The number of aliphatic hydroxyl groups is 2. The number of hydrogen-bond donors (Lipinski definition) is 3. The molecule has 5 aromatic carbocycles. The van der Waals surface area contributed by atoms with Crippen LogP contribution in [0, 0.1) is 0 Å². The van der Waals surface area contributed by atoms with Crippen molar-refractivity contribution < 1.29 is 72.0 Å². The van der Waals surface area contributed by atoms with Crippen molar-refractivity contribution in [1.82, 2.24) is 4.90 Å². The summed E-state index contributed by atoms with van der Waals surface area (Å²) in [6.07, 6.45) is -12.0. The first-order valence-corrected chi connectivity index (χ1v) is 24.0. The topological polar surface area (TPSA) is 213 Å². The van der Waals surface area contributed by atoms with E-state index in [0.29, 0.717) is 6.54 Å². The van der Waals surface area contributed by atoms with Crippen molar-refractivity contribution in [3.8, 4) is 0 Å². The number of ether oxygens (including phenoxy) is 10. The first-order chi connectivity index (χ1) is 35.2. The van der Waals surface area contributed by atoms with E-state index in [1.54, 1.807) is 0 Å². The zero-order chi connectivity index (χ0) is 50.5. The van der Waals surface area contributed by atoms with Gasteiger partial charge in [-0.15, -0.1) is 0 Å². The summed E-state index contributed by atoms with van der Waals surface area (Å²) in [6.45, 7) is -0.00152. The lowest BCUT2D eigenvalue weighted by atomic mass is 9.95. The predicted octanol–water partition coefficient (Wildman–Crippen LogP) is 4.63. The van der Waals surface area contributed by atoms with Crippen LogP contribution < -0.4 is 5.73 Å². The number of nitrogens with two attached hydrogens (primary N) is 1. The molecule has 384 valence electrons. The van der Waals surface area contributed by atoms with Crippen molar-refractivity contribution >= 4 is 17.9 Å². The van der Waals surface area contributed by atoms with E-state index in [-0.39, 0.29) is 59.2 Å². The van der Waals surface area contributed by atoms with Crippen LogP contribution >= 0.6 is 0 Å². The summed E-state index contributed by atoms with van der Waals surface area (Å²) in [4.78, 5) is 41.5. The molecule has 2 aliphatic rings. The van der Waals surface area contributed by atoms with Crippen LogP contribution in [0.2, 0.25) is 0 Å². The normalized spacial score (nSPS) is 24.1. The van der Waals surface area contributed by atoms with E-state index in [2.05, 4.69) is 0 Å². The molecule has 0 aliphatic carbocycles. The molecule has 0 spiro atoms. The molecule has 10 atom stereocenters. The molecular weight excluding hydrogens is 929 g/mol. The molecule has 4 N–H and O–H groups in total. The highest BCUT2D eigenvalue weighted by molar-refractivity contribution is 5.75. The van der Waals surface area contributed by atoms with E-state index >= 15 is 0 Å². The number of esters is 3.